The minimum Gasteiger partial charge on any atom is -0.479 e. The molecule has 0 saturated heterocycles. The summed E-state index contributed by atoms with van der Waals surface area (Å²) in [6, 6.07) is 7.43. The molecule has 0 aliphatic carbocycles. The number of carbonyl (C=O) groups excluding carboxylic acids is 4. The van der Waals surface area contributed by atoms with Gasteiger partial charge < -0.3 is 31.5 Å². The third-order valence-corrected chi connectivity index (χ3v) is 3.09. The van der Waals surface area contributed by atoms with Crippen LogP contribution in [-0.4, -0.2) is 54.0 Å². The number of carbonyl (C=O) groups is 5. The number of primary amides is 1. The normalized spacial score (nSPS) is 11.3. The second kappa shape index (κ2) is 11.7. The van der Waals surface area contributed by atoms with Crippen LogP contribution in [0.2, 0.25) is 0 Å². The van der Waals surface area contributed by atoms with Gasteiger partial charge >= 0.3 is 12.1 Å². The van der Waals surface area contributed by atoms with Crippen LogP contribution in [0.5, 0.6) is 0 Å². The van der Waals surface area contributed by atoms with Crippen molar-refractivity contribution in [1.82, 2.24) is 16.0 Å². The van der Waals surface area contributed by atoms with Crippen molar-refractivity contribution in [2.24, 2.45) is 5.73 Å². The number of carboxylic acid groups (broad SMARTS) is 1. The monoisotopic (exact) mass is 392 g/mol. The van der Waals surface area contributed by atoms with Crippen molar-refractivity contribution < 1.29 is 33.8 Å². The van der Waals surface area contributed by atoms with Crippen LogP contribution < -0.4 is 21.7 Å². The van der Waals surface area contributed by atoms with Gasteiger partial charge in [-0.15, -0.1) is 0 Å². The molecule has 1 rings (SSSR count). The molecule has 0 bridgehead atoms. The van der Waals surface area contributed by atoms with E-state index in [2.05, 4.69) is 16.0 Å². The third-order valence-electron chi connectivity index (χ3n) is 3.09. The molecule has 0 radical (unpaired) electrons. The topological polar surface area (TPSA) is 177 Å². The first kappa shape index (κ1) is 22.2. The molecule has 150 valence electrons. The van der Waals surface area contributed by atoms with Crippen molar-refractivity contribution >= 4 is 29.8 Å². The van der Waals surface area contributed by atoms with Crippen LogP contribution in [0.25, 0.3) is 0 Å². The lowest BCUT2D eigenvalue weighted by molar-refractivity contribution is -0.140. The zero-order chi connectivity index (χ0) is 20.9. The van der Waals surface area contributed by atoms with E-state index >= 15 is 0 Å². The first-order valence-corrected chi connectivity index (χ1v) is 7.99. The van der Waals surface area contributed by atoms with Gasteiger partial charge in [0.25, 0.3) is 0 Å². The predicted octanol–water partition coefficient (Wildman–Crippen LogP) is -1.36. The quantitative estimate of drug-likeness (QED) is 0.305. The van der Waals surface area contributed by atoms with Gasteiger partial charge in [-0.05, 0) is 11.6 Å². The number of rotatable bonds is 10. The Morgan fingerprint density at radius 2 is 1.68 bits per heavy atom. The van der Waals surface area contributed by atoms with Gasteiger partial charge in [0.15, 0.2) is 0 Å². The summed E-state index contributed by atoms with van der Waals surface area (Å²) in [5.74, 6) is -3.80. The molecule has 1 aromatic carbocycles. The molecule has 1 atom stereocenters. The van der Waals surface area contributed by atoms with E-state index in [0.717, 1.165) is 17.7 Å². The minimum atomic E-state index is -1.48. The maximum Gasteiger partial charge on any atom is 0.407 e. The van der Waals surface area contributed by atoms with E-state index in [1.54, 1.807) is 24.3 Å². The van der Waals surface area contributed by atoms with E-state index in [1.165, 1.54) is 0 Å². The average Bonchev–Trinajstić information content (AvgIpc) is 2.66. The van der Waals surface area contributed by atoms with Crippen LogP contribution in [0, 0.1) is 0 Å². The lowest BCUT2D eigenvalue weighted by atomic mass is 10.2. The Hall–Kier alpha value is -3.89. The van der Waals surface area contributed by atoms with E-state index < -0.39 is 48.9 Å². The molecular weight excluding hydrogens is 372 g/mol. The molecule has 28 heavy (non-hydrogen) atoms. The molecule has 1 aromatic rings. The zero-order valence-electron chi connectivity index (χ0n) is 14.7. The maximum absolute atomic E-state index is 11.7. The molecule has 4 amide bonds. The first-order valence-electron chi connectivity index (χ1n) is 7.99. The number of aliphatic carboxylic acids is 1. The maximum atomic E-state index is 11.7. The smallest absolute Gasteiger partial charge is 0.407 e. The fourth-order valence-electron chi connectivity index (χ4n) is 1.78. The summed E-state index contributed by atoms with van der Waals surface area (Å²) < 4.78 is 4.91. The van der Waals surface area contributed by atoms with E-state index in [-0.39, 0.29) is 6.61 Å². The van der Waals surface area contributed by atoms with Crippen LogP contribution >= 0.6 is 0 Å². The number of ether oxygens (including phenoxy) is 1. The molecular formula is C17H20N4O7. The van der Waals surface area contributed by atoms with Gasteiger partial charge in [0.2, 0.25) is 17.7 Å². The number of benzene rings is 1. The minimum absolute atomic E-state index is 0.0338. The predicted molar refractivity (Wildman–Crippen MR) is 95.5 cm³/mol. The van der Waals surface area contributed by atoms with Crippen molar-refractivity contribution in [2.75, 3.05) is 13.1 Å². The van der Waals surface area contributed by atoms with Crippen molar-refractivity contribution in [3.8, 4) is 0 Å². The lowest BCUT2D eigenvalue weighted by Gasteiger charge is -2.11. The van der Waals surface area contributed by atoms with E-state index in [0.29, 0.717) is 0 Å². The number of hydrogen-bond donors (Lipinski definition) is 5. The Bertz CT molecular complexity index is 749. The third kappa shape index (κ3) is 9.56. The largest absolute Gasteiger partial charge is 0.479 e. The molecule has 0 aromatic heterocycles. The number of alkyl carbamates (subject to hydrolysis) is 1. The number of nitrogens with two attached hydrogens (primary N) is 1. The Balaban J connectivity index is 2.29. The van der Waals surface area contributed by atoms with Gasteiger partial charge in [-0.1, -0.05) is 30.3 Å². The molecule has 0 aliphatic rings. The second-order valence-electron chi connectivity index (χ2n) is 5.34. The number of hydrogen-bond acceptors (Lipinski definition) is 6. The molecule has 11 heteroatoms. The van der Waals surface area contributed by atoms with E-state index in [4.69, 9.17) is 15.6 Å². The van der Waals surface area contributed by atoms with E-state index in [9.17, 15) is 24.0 Å². The Morgan fingerprint density at radius 1 is 1.04 bits per heavy atom. The summed E-state index contributed by atoms with van der Waals surface area (Å²) in [5.41, 5.74) is 5.62. The summed E-state index contributed by atoms with van der Waals surface area (Å²) in [5, 5.41) is 15.4. The Labute approximate surface area is 159 Å². The molecule has 1 unspecified atom stereocenters. The lowest BCUT2D eigenvalue weighted by Crippen LogP contribution is -2.46. The number of carboxylic acids is 1. The van der Waals surface area contributed by atoms with Crippen molar-refractivity contribution in [3.63, 3.8) is 0 Å². The highest BCUT2D eigenvalue weighted by Gasteiger charge is 2.17. The standard InChI is InChI=1S/C17H20N4O7/c18-13(22)7-6-12(16(25)26)21-15(24)9-19-14(23)8-20-17(27)28-10-11-4-2-1-3-5-11/h1-7,12H,8-10H2,(H2,18,22)(H,19,23)(H,20,27)(H,21,24)(H,25,26)/b7-6+. The fraction of sp³-hybridized carbons (Fsp3) is 0.235. The number of nitrogens with one attached hydrogen (secondary N) is 3. The molecule has 0 saturated carbocycles. The average molecular weight is 392 g/mol. The van der Waals surface area contributed by atoms with Crippen molar-refractivity contribution in [3.05, 3.63) is 48.0 Å². The van der Waals surface area contributed by atoms with Gasteiger partial charge in [-0.2, -0.15) is 0 Å². The molecule has 6 N–H and O–H groups in total. The Morgan fingerprint density at radius 3 is 2.29 bits per heavy atom. The summed E-state index contributed by atoms with van der Waals surface area (Å²) in [7, 11) is 0. The van der Waals surface area contributed by atoms with Crippen LogP contribution in [0.3, 0.4) is 0 Å². The summed E-state index contributed by atoms with van der Waals surface area (Å²) in [4.78, 5) is 56.3. The molecule has 0 heterocycles. The van der Waals surface area contributed by atoms with Crippen molar-refractivity contribution in [1.29, 1.82) is 0 Å². The SMILES string of the molecule is NC(=O)/C=C/C(NC(=O)CNC(=O)CNC(=O)OCc1ccccc1)C(=O)O. The van der Waals surface area contributed by atoms with Crippen molar-refractivity contribution in [2.45, 2.75) is 12.6 Å². The Kier molecular flexibility index (Phi) is 9.23. The fourth-order valence-corrected chi connectivity index (χ4v) is 1.78. The van der Waals surface area contributed by atoms with Gasteiger partial charge in [0.1, 0.15) is 19.2 Å². The summed E-state index contributed by atoms with van der Waals surface area (Å²) in [6.45, 7) is -0.940. The van der Waals surface area contributed by atoms with Crippen LogP contribution in [0.4, 0.5) is 4.79 Å². The number of amides is 4. The molecule has 11 nitrogen and oxygen atoms in total. The highest BCUT2D eigenvalue weighted by atomic mass is 16.5. The molecule has 0 spiro atoms. The van der Waals surface area contributed by atoms with Gasteiger partial charge in [-0.25, -0.2) is 9.59 Å². The summed E-state index contributed by atoms with van der Waals surface area (Å²) in [6.07, 6.45) is 0.878. The summed E-state index contributed by atoms with van der Waals surface area (Å²) >= 11 is 0. The first-order chi connectivity index (χ1) is 13.3. The highest BCUT2D eigenvalue weighted by Crippen LogP contribution is 2.00. The van der Waals surface area contributed by atoms with Gasteiger partial charge in [-0.3, -0.25) is 14.4 Å². The van der Waals surface area contributed by atoms with E-state index in [1.807, 2.05) is 6.07 Å². The van der Waals surface area contributed by atoms with Crippen LogP contribution in [0.15, 0.2) is 42.5 Å². The van der Waals surface area contributed by atoms with Gasteiger partial charge in [0, 0.05) is 6.08 Å². The zero-order valence-corrected chi connectivity index (χ0v) is 14.7. The highest BCUT2D eigenvalue weighted by molar-refractivity contribution is 5.91. The van der Waals surface area contributed by atoms with Crippen LogP contribution in [0.1, 0.15) is 5.56 Å². The van der Waals surface area contributed by atoms with Crippen LogP contribution in [-0.2, 0) is 30.5 Å². The molecule has 0 fully saturated rings. The molecule has 0 aliphatic heterocycles. The van der Waals surface area contributed by atoms with Gasteiger partial charge in [0.05, 0.1) is 6.54 Å². The second-order valence-corrected chi connectivity index (χ2v) is 5.34.